The largest absolute Gasteiger partial charge is 0.321 e. The number of thiophene rings is 1. The second-order valence-electron chi connectivity index (χ2n) is 4.53. The van der Waals surface area contributed by atoms with Crippen molar-refractivity contribution in [1.29, 1.82) is 0 Å². The first-order chi connectivity index (χ1) is 8.49. The molecule has 0 bridgehead atoms. The van der Waals surface area contributed by atoms with E-state index in [1.165, 1.54) is 15.3 Å². The summed E-state index contributed by atoms with van der Waals surface area (Å²) in [4.78, 5) is 7.02. The monoisotopic (exact) mass is 283 g/mol. The van der Waals surface area contributed by atoms with Crippen molar-refractivity contribution >= 4 is 22.9 Å². The first-order valence-electron chi connectivity index (χ1n) is 5.95. The summed E-state index contributed by atoms with van der Waals surface area (Å²) in [6, 6.07) is 2.58. The van der Waals surface area contributed by atoms with Gasteiger partial charge in [0.2, 0.25) is 0 Å². The predicted molar refractivity (Wildman–Crippen MR) is 77.3 cm³/mol. The Balaban J connectivity index is 2.02. The van der Waals surface area contributed by atoms with Crippen LogP contribution in [-0.2, 0) is 13.6 Å². The van der Waals surface area contributed by atoms with Gasteiger partial charge in [-0.05, 0) is 32.4 Å². The van der Waals surface area contributed by atoms with Crippen molar-refractivity contribution < 1.29 is 0 Å². The number of imidazole rings is 1. The number of halogens is 1. The van der Waals surface area contributed by atoms with Crippen molar-refractivity contribution in [2.45, 2.75) is 33.4 Å². The number of aryl methyl sites for hydroxylation is 2. The lowest BCUT2D eigenvalue weighted by Gasteiger charge is -2.13. The van der Waals surface area contributed by atoms with Gasteiger partial charge in [0.25, 0.3) is 0 Å². The average molecular weight is 284 g/mol. The minimum Gasteiger partial charge on any atom is -0.321 e. The Hall–Kier alpha value is -0.840. The van der Waals surface area contributed by atoms with Gasteiger partial charge in [-0.15, -0.1) is 11.3 Å². The number of hydrogen-bond acceptors (Lipinski definition) is 3. The van der Waals surface area contributed by atoms with E-state index in [0.717, 1.165) is 12.4 Å². The standard InChI is InChI=1S/C13H18ClN3S/c1-8-5-11(10(3)18-8)9(2)15-7-13-16-6-12(14)17(13)4/h5-6,9,15H,7H2,1-4H3. The highest BCUT2D eigenvalue weighted by Crippen LogP contribution is 2.26. The van der Waals surface area contributed by atoms with E-state index in [9.17, 15) is 0 Å². The van der Waals surface area contributed by atoms with Gasteiger partial charge in [-0.1, -0.05) is 11.6 Å². The quantitative estimate of drug-likeness (QED) is 0.929. The van der Waals surface area contributed by atoms with Gasteiger partial charge in [-0.2, -0.15) is 0 Å². The number of nitrogens with one attached hydrogen (secondary N) is 1. The van der Waals surface area contributed by atoms with Crippen molar-refractivity contribution in [1.82, 2.24) is 14.9 Å². The molecule has 2 heterocycles. The van der Waals surface area contributed by atoms with Gasteiger partial charge in [-0.3, -0.25) is 0 Å². The molecular formula is C13H18ClN3S. The zero-order valence-electron chi connectivity index (χ0n) is 11.1. The molecule has 0 fully saturated rings. The molecule has 0 aliphatic carbocycles. The van der Waals surface area contributed by atoms with Gasteiger partial charge in [0.15, 0.2) is 0 Å². The molecule has 3 nitrogen and oxygen atoms in total. The highest BCUT2D eigenvalue weighted by atomic mass is 35.5. The van der Waals surface area contributed by atoms with Crippen LogP contribution < -0.4 is 5.32 Å². The highest BCUT2D eigenvalue weighted by molar-refractivity contribution is 7.12. The summed E-state index contributed by atoms with van der Waals surface area (Å²) in [7, 11) is 1.93. The van der Waals surface area contributed by atoms with Crippen molar-refractivity contribution in [3.05, 3.63) is 38.6 Å². The summed E-state index contributed by atoms with van der Waals surface area (Å²) in [6.07, 6.45) is 1.68. The van der Waals surface area contributed by atoms with E-state index in [1.807, 2.05) is 23.0 Å². The van der Waals surface area contributed by atoms with Gasteiger partial charge < -0.3 is 9.88 Å². The summed E-state index contributed by atoms with van der Waals surface area (Å²) < 4.78 is 1.90. The van der Waals surface area contributed by atoms with Crippen molar-refractivity contribution in [3.63, 3.8) is 0 Å². The molecule has 18 heavy (non-hydrogen) atoms. The third kappa shape index (κ3) is 2.76. The molecule has 0 amide bonds. The van der Waals surface area contributed by atoms with E-state index in [-0.39, 0.29) is 0 Å². The molecule has 0 aliphatic rings. The third-order valence-corrected chi connectivity index (χ3v) is 4.47. The summed E-state index contributed by atoms with van der Waals surface area (Å²) in [6.45, 7) is 7.22. The highest BCUT2D eigenvalue weighted by Gasteiger charge is 2.12. The summed E-state index contributed by atoms with van der Waals surface area (Å²) >= 11 is 7.81. The Morgan fingerprint density at radius 1 is 1.50 bits per heavy atom. The van der Waals surface area contributed by atoms with Crippen LogP contribution in [0.5, 0.6) is 0 Å². The summed E-state index contributed by atoms with van der Waals surface area (Å²) in [5.74, 6) is 0.955. The van der Waals surface area contributed by atoms with E-state index in [2.05, 4.69) is 37.1 Å². The topological polar surface area (TPSA) is 29.9 Å². The van der Waals surface area contributed by atoms with Crippen LogP contribution in [0, 0.1) is 13.8 Å². The van der Waals surface area contributed by atoms with Gasteiger partial charge in [0, 0.05) is 22.8 Å². The van der Waals surface area contributed by atoms with E-state index in [1.54, 1.807) is 6.20 Å². The normalized spacial score (nSPS) is 12.9. The SMILES string of the molecule is Cc1cc(C(C)NCc2ncc(Cl)n2C)c(C)s1. The maximum atomic E-state index is 5.96. The molecule has 0 aromatic carbocycles. The number of aromatic nitrogens is 2. The van der Waals surface area contributed by atoms with Gasteiger partial charge in [0.05, 0.1) is 12.7 Å². The van der Waals surface area contributed by atoms with Crippen LogP contribution >= 0.6 is 22.9 Å². The smallest absolute Gasteiger partial charge is 0.128 e. The lowest BCUT2D eigenvalue weighted by Crippen LogP contribution is -2.20. The Morgan fingerprint density at radius 2 is 2.22 bits per heavy atom. The number of rotatable bonds is 4. The second-order valence-corrected chi connectivity index (χ2v) is 6.38. The van der Waals surface area contributed by atoms with Gasteiger partial charge in [-0.25, -0.2) is 4.98 Å². The molecule has 98 valence electrons. The van der Waals surface area contributed by atoms with Crippen LogP contribution in [0.2, 0.25) is 5.15 Å². The maximum absolute atomic E-state index is 5.96. The molecule has 2 aromatic heterocycles. The maximum Gasteiger partial charge on any atom is 0.128 e. The summed E-state index contributed by atoms with van der Waals surface area (Å²) in [5.41, 5.74) is 1.37. The molecule has 0 spiro atoms. The van der Waals surface area contributed by atoms with E-state index >= 15 is 0 Å². The minimum atomic E-state index is 0.324. The van der Waals surface area contributed by atoms with Crippen molar-refractivity contribution in [2.75, 3.05) is 0 Å². The third-order valence-electron chi connectivity index (χ3n) is 3.14. The number of nitrogens with zero attached hydrogens (tertiary/aromatic N) is 2. The van der Waals surface area contributed by atoms with Crippen molar-refractivity contribution in [2.24, 2.45) is 7.05 Å². The Kier molecular flexibility index (Phi) is 4.10. The van der Waals surface area contributed by atoms with Crippen LogP contribution in [0.1, 0.15) is 34.1 Å². The fourth-order valence-corrected chi connectivity index (χ4v) is 3.19. The Labute approximate surface area is 117 Å². The molecule has 1 unspecified atom stereocenters. The van der Waals surface area contributed by atoms with Crippen LogP contribution in [-0.4, -0.2) is 9.55 Å². The lowest BCUT2D eigenvalue weighted by atomic mass is 10.1. The minimum absolute atomic E-state index is 0.324. The molecule has 0 saturated carbocycles. The summed E-state index contributed by atoms with van der Waals surface area (Å²) in [5, 5.41) is 4.16. The molecule has 2 aromatic rings. The molecule has 1 N–H and O–H groups in total. The molecule has 2 rings (SSSR count). The lowest BCUT2D eigenvalue weighted by molar-refractivity contribution is 0.549. The molecular weight excluding hydrogens is 266 g/mol. The van der Waals surface area contributed by atoms with E-state index in [0.29, 0.717) is 11.2 Å². The van der Waals surface area contributed by atoms with Gasteiger partial charge in [0.1, 0.15) is 11.0 Å². The zero-order valence-corrected chi connectivity index (χ0v) is 12.7. The van der Waals surface area contributed by atoms with Crippen LogP contribution in [0.15, 0.2) is 12.3 Å². The Morgan fingerprint density at radius 3 is 2.72 bits per heavy atom. The molecule has 0 radical (unpaired) electrons. The van der Waals surface area contributed by atoms with Crippen LogP contribution in [0.25, 0.3) is 0 Å². The fourth-order valence-electron chi connectivity index (χ4n) is 2.02. The molecule has 0 saturated heterocycles. The van der Waals surface area contributed by atoms with Crippen molar-refractivity contribution in [3.8, 4) is 0 Å². The first kappa shape index (κ1) is 13.6. The molecule has 0 aliphatic heterocycles. The number of hydrogen-bond donors (Lipinski definition) is 1. The van der Waals surface area contributed by atoms with E-state index < -0.39 is 0 Å². The zero-order chi connectivity index (χ0) is 13.3. The van der Waals surface area contributed by atoms with Crippen LogP contribution in [0.4, 0.5) is 0 Å². The fraction of sp³-hybridized carbons (Fsp3) is 0.462. The average Bonchev–Trinajstić information content (AvgIpc) is 2.81. The van der Waals surface area contributed by atoms with E-state index in [4.69, 9.17) is 11.6 Å². The van der Waals surface area contributed by atoms with Crippen LogP contribution in [0.3, 0.4) is 0 Å². The first-order valence-corrected chi connectivity index (χ1v) is 7.15. The second kappa shape index (κ2) is 5.43. The molecule has 1 atom stereocenters. The Bertz CT molecular complexity index is 544. The van der Waals surface area contributed by atoms with Gasteiger partial charge >= 0.3 is 0 Å². The predicted octanol–water partition coefficient (Wildman–Crippen LogP) is 3.60. The molecule has 5 heteroatoms.